The Kier molecular flexibility index (Phi) is 9.96. The number of aromatic amines is 1. The number of nitrogens with one attached hydrogen (secondary N) is 1. The number of hydrogen-bond donors (Lipinski definition) is 1. The molecule has 0 unspecified atom stereocenters. The van der Waals surface area contributed by atoms with Crippen LogP contribution in [0.2, 0.25) is 0 Å². The summed E-state index contributed by atoms with van der Waals surface area (Å²) in [5.74, 6) is 1.71. The Bertz CT molecular complexity index is 1530. The average molecular weight is 574 g/mol. The number of ether oxygens (including phenoxy) is 4. The van der Waals surface area contributed by atoms with Gasteiger partial charge in [0.2, 0.25) is 5.91 Å². The van der Waals surface area contributed by atoms with E-state index in [0.29, 0.717) is 48.1 Å². The predicted octanol–water partition coefficient (Wildman–Crippen LogP) is 5.32. The standard InChI is InChI=1S/C33H39N3O6/c1-22(2)36(33(38)27-13-12-25(39-3)18-30(27)41-5)21-32(37)35(20-23-11-14-29(40-4)31(17-23)42-6)16-15-24-19-34-28-10-8-7-9-26(24)28/h7-14,17-19,22,34H,15-16,20-21H2,1-6H3. The molecule has 0 bridgehead atoms. The molecule has 0 saturated carbocycles. The van der Waals surface area contributed by atoms with E-state index in [1.165, 1.54) is 7.11 Å². The van der Waals surface area contributed by atoms with Gasteiger partial charge >= 0.3 is 0 Å². The fourth-order valence-electron chi connectivity index (χ4n) is 4.95. The van der Waals surface area contributed by atoms with Crippen molar-refractivity contribution in [1.29, 1.82) is 0 Å². The molecule has 2 amide bonds. The largest absolute Gasteiger partial charge is 0.497 e. The molecule has 0 atom stereocenters. The highest BCUT2D eigenvalue weighted by Crippen LogP contribution is 2.29. The Hall–Kier alpha value is -4.66. The van der Waals surface area contributed by atoms with Crippen LogP contribution in [0.1, 0.15) is 35.3 Å². The minimum Gasteiger partial charge on any atom is -0.497 e. The first-order chi connectivity index (χ1) is 20.3. The van der Waals surface area contributed by atoms with Gasteiger partial charge in [-0.3, -0.25) is 9.59 Å². The molecule has 1 heterocycles. The molecule has 1 aromatic heterocycles. The maximum absolute atomic E-state index is 14.0. The zero-order valence-electron chi connectivity index (χ0n) is 25.1. The number of nitrogens with zero attached hydrogens (tertiary/aromatic N) is 2. The van der Waals surface area contributed by atoms with Crippen molar-refractivity contribution in [3.8, 4) is 23.0 Å². The molecule has 9 heteroatoms. The van der Waals surface area contributed by atoms with E-state index in [-0.39, 0.29) is 24.4 Å². The Balaban J connectivity index is 1.61. The van der Waals surface area contributed by atoms with Crippen molar-refractivity contribution in [3.63, 3.8) is 0 Å². The highest BCUT2D eigenvalue weighted by atomic mass is 16.5. The zero-order chi connectivity index (χ0) is 30.2. The maximum atomic E-state index is 14.0. The van der Waals surface area contributed by atoms with Crippen LogP contribution in [0.25, 0.3) is 10.9 Å². The van der Waals surface area contributed by atoms with Gasteiger partial charge in [-0.1, -0.05) is 24.3 Å². The summed E-state index contributed by atoms with van der Waals surface area (Å²) in [5.41, 5.74) is 3.43. The second-order valence-electron chi connectivity index (χ2n) is 10.2. The third kappa shape index (κ3) is 6.79. The maximum Gasteiger partial charge on any atom is 0.258 e. The SMILES string of the molecule is COc1ccc(C(=O)N(CC(=O)N(CCc2c[nH]c3ccccc23)Cc2ccc(OC)c(OC)c2)C(C)C)c(OC)c1. The lowest BCUT2D eigenvalue weighted by Crippen LogP contribution is -2.46. The number of methoxy groups -OCH3 is 4. The first-order valence-electron chi connectivity index (χ1n) is 13.9. The smallest absolute Gasteiger partial charge is 0.258 e. The number of rotatable bonds is 13. The number of amides is 2. The highest BCUT2D eigenvalue weighted by molar-refractivity contribution is 5.99. The summed E-state index contributed by atoms with van der Waals surface area (Å²) in [4.78, 5) is 34.4. The van der Waals surface area contributed by atoms with E-state index < -0.39 is 0 Å². The number of para-hydroxylation sites is 1. The number of benzene rings is 3. The van der Waals surface area contributed by atoms with Gasteiger partial charge in [0, 0.05) is 42.3 Å². The van der Waals surface area contributed by atoms with Gasteiger partial charge in [-0.25, -0.2) is 0 Å². The van der Waals surface area contributed by atoms with Crippen molar-refractivity contribution in [3.05, 3.63) is 83.6 Å². The molecule has 9 nitrogen and oxygen atoms in total. The van der Waals surface area contributed by atoms with Crippen LogP contribution < -0.4 is 18.9 Å². The molecule has 42 heavy (non-hydrogen) atoms. The number of carbonyl (C=O) groups is 2. The van der Waals surface area contributed by atoms with Crippen LogP contribution in [-0.4, -0.2) is 74.2 Å². The summed E-state index contributed by atoms with van der Waals surface area (Å²) in [6.07, 6.45) is 2.63. The van der Waals surface area contributed by atoms with Crippen LogP contribution in [-0.2, 0) is 17.8 Å². The molecule has 0 spiro atoms. The Morgan fingerprint density at radius 1 is 0.833 bits per heavy atom. The molecule has 1 N–H and O–H groups in total. The molecule has 4 aromatic rings. The monoisotopic (exact) mass is 573 g/mol. The normalized spacial score (nSPS) is 10.9. The molecule has 4 rings (SSSR count). The van der Waals surface area contributed by atoms with E-state index in [4.69, 9.17) is 18.9 Å². The highest BCUT2D eigenvalue weighted by Gasteiger charge is 2.27. The molecule has 222 valence electrons. The van der Waals surface area contributed by atoms with E-state index >= 15 is 0 Å². The first-order valence-corrected chi connectivity index (χ1v) is 13.9. The summed E-state index contributed by atoms with van der Waals surface area (Å²) in [6, 6.07) is 18.5. The van der Waals surface area contributed by atoms with Gasteiger partial charge in [0.25, 0.3) is 5.91 Å². The number of aromatic nitrogens is 1. The van der Waals surface area contributed by atoms with E-state index in [2.05, 4.69) is 11.1 Å². The van der Waals surface area contributed by atoms with Crippen molar-refractivity contribution in [1.82, 2.24) is 14.8 Å². The van der Waals surface area contributed by atoms with Gasteiger partial charge in [-0.05, 0) is 61.7 Å². The summed E-state index contributed by atoms with van der Waals surface area (Å²) in [7, 11) is 6.23. The van der Waals surface area contributed by atoms with Crippen LogP contribution in [0.3, 0.4) is 0 Å². The van der Waals surface area contributed by atoms with Crippen LogP contribution in [0.5, 0.6) is 23.0 Å². The molecule has 0 aliphatic carbocycles. The van der Waals surface area contributed by atoms with Gasteiger partial charge in [-0.15, -0.1) is 0 Å². The minimum atomic E-state index is -0.291. The van der Waals surface area contributed by atoms with Crippen LogP contribution >= 0.6 is 0 Å². The lowest BCUT2D eigenvalue weighted by atomic mass is 10.1. The van der Waals surface area contributed by atoms with Crippen molar-refractivity contribution >= 4 is 22.7 Å². The molecule has 0 radical (unpaired) electrons. The van der Waals surface area contributed by atoms with Crippen LogP contribution in [0.15, 0.2) is 66.9 Å². The van der Waals surface area contributed by atoms with Crippen molar-refractivity contribution in [2.45, 2.75) is 32.9 Å². The van der Waals surface area contributed by atoms with Crippen LogP contribution in [0, 0.1) is 0 Å². The lowest BCUT2D eigenvalue weighted by molar-refractivity contribution is -0.132. The van der Waals surface area contributed by atoms with E-state index in [9.17, 15) is 9.59 Å². The summed E-state index contributed by atoms with van der Waals surface area (Å²) >= 11 is 0. The fourth-order valence-corrected chi connectivity index (χ4v) is 4.95. The Labute approximate surface area is 246 Å². The molecule has 0 saturated heterocycles. The summed E-state index contributed by atoms with van der Waals surface area (Å²) in [6.45, 7) is 4.50. The van der Waals surface area contributed by atoms with Crippen molar-refractivity contribution < 1.29 is 28.5 Å². The number of H-pyrrole nitrogens is 1. The van der Waals surface area contributed by atoms with E-state index in [1.54, 1.807) is 49.3 Å². The lowest BCUT2D eigenvalue weighted by Gasteiger charge is -2.31. The quantitative estimate of drug-likeness (QED) is 0.233. The minimum absolute atomic E-state index is 0.0904. The summed E-state index contributed by atoms with van der Waals surface area (Å²) < 4.78 is 21.6. The Morgan fingerprint density at radius 3 is 2.26 bits per heavy atom. The fraction of sp³-hybridized carbons (Fsp3) is 0.333. The first kappa shape index (κ1) is 30.3. The van der Waals surface area contributed by atoms with Crippen molar-refractivity contribution in [2.75, 3.05) is 41.5 Å². The molecular weight excluding hydrogens is 534 g/mol. The van der Waals surface area contributed by atoms with Crippen LogP contribution in [0.4, 0.5) is 0 Å². The Morgan fingerprint density at radius 2 is 1.57 bits per heavy atom. The summed E-state index contributed by atoms with van der Waals surface area (Å²) in [5, 5.41) is 1.13. The second kappa shape index (κ2) is 13.8. The molecular formula is C33H39N3O6. The second-order valence-corrected chi connectivity index (χ2v) is 10.2. The number of fused-ring (bicyclic) bond motifs is 1. The van der Waals surface area contributed by atoms with Gasteiger partial charge in [0.15, 0.2) is 11.5 Å². The number of carbonyl (C=O) groups excluding carboxylic acids is 2. The van der Waals surface area contributed by atoms with E-state index in [1.807, 2.05) is 56.4 Å². The topological polar surface area (TPSA) is 93.3 Å². The predicted molar refractivity (Wildman–Crippen MR) is 163 cm³/mol. The third-order valence-corrected chi connectivity index (χ3v) is 7.33. The van der Waals surface area contributed by atoms with E-state index in [0.717, 1.165) is 22.0 Å². The van der Waals surface area contributed by atoms with Gasteiger partial charge in [0.05, 0.1) is 34.0 Å². The zero-order valence-corrected chi connectivity index (χ0v) is 25.1. The average Bonchev–Trinajstić information content (AvgIpc) is 3.43. The van der Waals surface area contributed by atoms with Gasteiger partial charge in [-0.2, -0.15) is 0 Å². The molecule has 0 fully saturated rings. The molecule has 0 aliphatic rings. The molecule has 3 aromatic carbocycles. The molecule has 0 aliphatic heterocycles. The van der Waals surface area contributed by atoms with Gasteiger partial charge in [0.1, 0.15) is 18.0 Å². The van der Waals surface area contributed by atoms with Crippen molar-refractivity contribution in [2.24, 2.45) is 0 Å². The third-order valence-electron chi connectivity index (χ3n) is 7.33. The van der Waals surface area contributed by atoms with Gasteiger partial charge < -0.3 is 33.7 Å². The number of hydrogen-bond acceptors (Lipinski definition) is 6.